The van der Waals surface area contributed by atoms with Crippen molar-refractivity contribution < 1.29 is 29.0 Å². The molecule has 0 saturated heterocycles. The third-order valence-corrected chi connectivity index (χ3v) is 6.02. The van der Waals surface area contributed by atoms with Gasteiger partial charge in [-0.3, -0.25) is 14.5 Å². The number of hydrogen-bond donors (Lipinski definition) is 2. The molecule has 1 aliphatic rings. The van der Waals surface area contributed by atoms with Gasteiger partial charge in [-0.2, -0.15) is 0 Å². The summed E-state index contributed by atoms with van der Waals surface area (Å²) in [5.74, 6) is -1.77. The summed E-state index contributed by atoms with van der Waals surface area (Å²) < 4.78 is 11.0. The number of aromatic hydroxyl groups is 1. The normalized spacial score (nSPS) is 15.9. The number of amides is 1. The van der Waals surface area contributed by atoms with Gasteiger partial charge in [0.2, 0.25) is 5.78 Å². The van der Waals surface area contributed by atoms with Crippen molar-refractivity contribution in [1.29, 1.82) is 0 Å². The van der Waals surface area contributed by atoms with Crippen molar-refractivity contribution in [3.8, 4) is 11.5 Å². The molecule has 8 heteroatoms. The zero-order valence-electron chi connectivity index (χ0n) is 17.9. The highest BCUT2D eigenvalue weighted by atomic mass is 35.5. The number of benzene rings is 3. The van der Waals surface area contributed by atoms with Crippen LogP contribution in [-0.4, -0.2) is 29.0 Å². The first-order chi connectivity index (χ1) is 16.4. The number of aliphatic hydroxyl groups excluding tert-OH is 1. The molecule has 0 aliphatic carbocycles. The van der Waals surface area contributed by atoms with Gasteiger partial charge in [0.1, 0.15) is 17.1 Å². The summed E-state index contributed by atoms with van der Waals surface area (Å²) in [7, 11) is 1.49. The van der Waals surface area contributed by atoms with Crippen molar-refractivity contribution >= 4 is 39.9 Å². The quantitative estimate of drug-likeness (QED) is 0.365. The SMILES string of the molecule is COc1cccc(N2C(=O)C(O)=C(C(=O)c3cc4ccccc4o3)C2c2ccc(O)c(Cl)c2)c1. The fourth-order valence-electron chi connectivity index (χ4n) is 4.10. The minimum Gasteiger partial charge on any atom is -0.506 e. The number of rotatable bonds is 5. The fraction of sp³-hybridized carbons (Fsp3) is 0.0769. The number of carbonyl (C=O) groups is 2. The number of halogens is 1. The van der Waals surface area contributed by atoms with Gasteiger partial charge in [0.05, 0.1) is 23.7 Å². The van der Waals surface area contributed by atoms with Crippen LogP contribution >= 0.6 is 11.6 Å². The van der Waals surface area contributed by atoms with Crippen molar-refractivity contribution in [1.82, 2.24) is 0 Å². The van der Waals surface area contributed by atoms with Crippen LogP contribution in [0.15, 0.2) is 88.5 Å². The van der Waals surface area contributed by atoms with Gasteiger partial charge in [0.25, 0.3) is 5.91 Å². The lowest BCUT2D eigenvalue weighted by Crippen LogP contribution is -2.31. The van der Waals surface area contributed by atoms with E-state index in [0.29, 0.717) is 28.0 Å². The molecule has 1 aliphatic heterocycles. The number of phenols is 1. The highest BCUT2D eigenvalue weighted by molar-refractivity contribution is 6.32. The molecule has 1 amide bonds. The van der Waals surface area contributed by atoms with Crippen molar-refractivity contribution in [2.75, 3.05) is 12.0 Å². The maximum Gasteiger partial charge on any atom is 0.294 e. The molecule has 2 N–H and O–H groups in total. The number of methoxy groups -OCH3 is 1. The molecule has 1 atom stereocenters. The number of phenolic OH excluding ortho intramolecular Hbond substituents is 1. The zero-order valence-corrected chi connectivity index (χ0v) is 18.6. The van der Waals surface area contributed by atoms with E-state index in [1.165, 1.54) is 30.2 Å². The summed E-state index contributed by atoms with van der Waals surface area (Å²) in [5.41, 5.74) is 1.16. The molecule has 4 aromatic rings. The summed E-state index contributed by atoms with van der Waals surface area (Å²) in [4.78, 5) is 28.2. The van der Waals surface area contributed by atoms with Crippen LogP contribution in [0.25, 0.3) is 11.0 Å². The number of nitrogens with zero attached hydrogens (tertiary/aromatic N) is 1. The first-order valence-corrected chi connectivity index (χ1v) is 10.7. The number of ketones is 1. The Morgan fingerprint density at radius 1 is 1.03 bits per heavy atom. The van der Waals surface area contributed by atoms with Crippen LogP contribution in [0, 0.1) is 0 Å². The van der Waals surface area contributed by atoms with E-state index < -0.39 is 23.5 Å². The van der Waals surface area contributed by atoms with Crippen LogP contribution in [-0.2, 0) is 4.79 Å². The van der Waals surface area contributed by atoms with E-state index in [-0.39, 0.29) is 22.1 Å². The number of carbonyl (C=O) groups excluding carboxylic acids is 2. The maximum absolute atomic E-state index is 13.6. The Bertz CT molecular complexity index is 1450. The Morgan fingerprint density at radius 3 is 2.56 bits per heavy atom. The molecule has 0 radical (unpaired) electrons. The molecule has 1 unspecified atom stereocenters. The number of Topliss-reactive ketones (excluding diaryl/α,β-unsaturated/α-hetero) is 1. The fourth-order valence-corrected chi connectivity index (χ4v) is 4.29. The van der Waals surface area contributed by atoms with Crippen LogP contribution in [0.1, 0.15) is 22.2 Å². The van der Waals surface area contributed by atoms with Crippen LogP contribution in [0.2, 0.25) is 5.02 Å². The van der Waals surface area contributed by atoms with E-state index in [1.54, 1.807) is 48.5 Å². The number of aliphatic hydroxyl groups is 1. The van der Waals surface area contributed by atoms with E-state index in [9.17, 15) is 19.8 Å². The lowest BCUT2D eigenvalue weighted by atomic mass is 9.94. The Labute approximate surface area is 199 Å². The number of furan rings is 1. The van der Waals surface area contributed by atoms with Gasteiger partial charge >= 0.3 is 0 Å². The molecule has 3 aromatic carbocycles. The second kappa shape index (κ2) is 8.28. The minimum atomic E-state index is -1.03. The molecule has 34 heavy (non-hydrogen) atoms. The van der Waals surface area contributed by atoms with E-state index in [2.05, 4.69) is 0 Å². The molecule has 0 saturated carbocycles. The number of anilines is 1. The number of ether oxygens (including phenoxy) is 1. The Kier molecular flexibility index (Phi) is 5.26. The molecular formula is C26H18ClNO6. The molecule has 0 fully saturated rings. The van der Waals surface area contributed by atoms with Gasteiger partial charge in [-0.05, 0) is 42.0 Å². The summed E-state index contributed by atoms with van der Waals surface area (Å²) in [6.07, 6.45) is 0. The topological polar surface area (TPSA) is 100 Å². The van der Waals surface area contributed by atoms with Gasteiger partial charge in [0.15, 0.2) is 11.5 Å². The van der Waals surface area contributed by atoms with Crippen LogP contribution in [0.3, 0.4) is 0 Å². The van der Waals surface area contributed by atoms with Crippen molar-refractivity contribution in [3.63, 3.8) is 0 Å². The standard InChI is InChI=1S/C26H18ClNO6/c1-33-17-7-4-6-16(13-17)28-23(15-9-10-19(29)18(27)11-15)22(25(31)26(28)32)24(30)21-12-14-5-2-3-8-20(14)34-21/h2-13,23,29,31H,1H3. The highest BCUT2D eigenvalue weighted by Crippen LogP contribution is 2.44. The average molecular weight is 476 g/mol. The molecule has 1 aromatic heterocycles. The van der Waals surface area contributed by atoms with Crippen LogP contribution < -0.4 is 9.64 Å². The number of fused-ring (bicyclic) bond motifs is 1. The van der Waals surface area contributed by atoms with Gasteiger partial charge in [-0.1, -0.05) is 41.9 Å². The Morgan fingerprint density at radius 2 is 1.82 bits per heavy atom. The van der Waals surface area contributed by atoms with E-state index >= 15 is 0 Å². The van der Waals surface area contributed by atoms with Gasteiger partial charge in [-0.15, -0.1) is 0 Å². The smallest absolute Gasteiger partial charge is 0.294 e. The van der Waals surface area contributed by atoms with E-state index in [1.807, 2.05) is 6.07 Å². The molecular weight excluding hydrogens is 458 g/mol. The largest absolute Gasteiger partial charge is 0.506 e. The first-order valence-electron chi connectivity index (χ1n) is 10.3. The average Bonchev–Trinajstić information content (AvgIpc) is 3.40. The molecule has 0 spiro atoms. The Hall–Kier alpha value is -4.23. The van der Waals surface area contributed by atoms with Gasteiger partial charge < -0.3 is 19.4 Å². The van der Waals surface area contributed by atoms with E-state index in [4.69, 9.17) is 20.8 Å². The molecule has 2 heterocycles. The Balaban J connectivity index is 1.68. The predicted molar refractivity (Wildman–Crippen MR) is 127 cm³/mol. The van der Waals surface area contributed by atoms with Crippen molar-refractivity contribution in [3.05, 3.63) is 100 Å². The summed E-state index contributed by atoms with van der Waals surface area (Å²) >= 11 is 6.15. The van der Waals surface area contributed by atoms with Crippen LogP contribution in [0.5, 0.6) is 11.5 Å². The second-order valence-electron chi connectivity index (χ2n) is 7.73. The highest BCUT2D eigenvalue weighted by Gasteiger charge is 2.45. The molecule has 7 nitrogen and oxygen atoms in total. The summed E-state index contributed by atoms with van der Waals surface area (Å²) in [6.45, 7) is 0. The maximum atomic E-state index is 13.6. The molecule has 170 valence electrons. The van der Waals surface area contributed by atoms with Gasteiger partial charge in [-0.25, -0.2) is 0 Å². The third-order valence-electron chi connectivity index (χ3n) is 5.72. The monoisotopic (exact) mass is 475 g/mol. The van der Waals surface area contributed by atoms with Gasteiger partial charge in [0, 0.05) is 17.1 Å². The zero-order chi connectivity index (χ0) is 24.0. The number of hydrogen-bond acceptors (Lipinski definition) is 6. The van der Waals surface area contributed by atoms with Crippen molar-refractivity contribution in [2.45, 2.75) is 6.04 Å². The van der Waals surface area contributed by atoms with Crippen molar-refractivity contribution in [2.24, 2.45) is 0 Å². The summed E-state index contributed by atoms with van der Waals surface area (Å²) in [6, 6.07) is 18.7. The first kappa shape index (κ1) is 21.6. The van der Waals surface area contributed by atoms with Crippen LogP contribution in [0.4, 0.5) is 5.69 Å². The summed E-state index contributed by atoms with van der Waals surface area (Å²) in [5, 5.41) is 21.5. The number of para-hydroxylation sites is 1. The second-order valence-corrected chi connectivity index (χ2v) is 8.14. The lowest BCUT2D eigenvalue weighted by Gasteiger charge is -2.27. The molecule has 0 bridgehead atoms. The predicted octanol–water partition coefficient (Wildman–Crippen LogP) is 5.58. The van der Waals surface area contributed by atoms with E-state index in [0.717, 1.165) is 0 Å². The molecule has 5 rings (SSSR count). The third kappa shape index (κ3) is 3.47. The lowest BCUT2D eigenvalue weighted by molar-refractivity contribution is -0.117. The minimum absolute atomic E-state index is 0.0158.